The monoisotopic (exact) mass is 339 g/mol. The van der Waals surface area contributed by atoms with Gasteiger partial charge in [-0.15, -0.1) is 0 Å². The predicted molar refractivity (Wildman–Crippen MR) is 90.5 cm³/mol. The van der Waals surface area contributed by atoms with E-state index in [1.807, 2.05) is 13.0 Å². The van der Waals surface area contributed by atoms with E-state index in [9.17, 15) is 9.59 Å². The maximum absolute atomic E-state index is 12.2. The molecule has 8 heteroatoms. The molecule has 3 heterocycles. The second kappa shape index (κ2) is 7.00. The van der Waals surface area contributed by atoms with Gasteiger partial charge >= 0.3 is 0 Å². The van der Waals surface area contributed by atoms with Crippen LogP contribution in [0.2, 0.25) is 0 Å². The van der Waals surface area contributed by atoms with Crippen molar-refractivity contribution in [3.8, 4) is 5.82 Å². The fourth-order valence-electron chi connectivity index (χ4n) is 2.31. The van der Waals surface area contributed by atoms with Crippen molar-refractivity contribution in [2.75, 3.05) is 11.9 Å². The predicted octanol–water partition coefficient (Wildman–Crippen LogP) is 1.85. The molecular formula is C17H17N5O3. The molecule has 25 heavy (non-hydrogen) atoms. The van der Waals surface area contributed by atoms with E-state index in [0.717, 1.165) is 5.69 Å². The molecule has 0 aliphatic heterocycles. The molecule has 3 aromatic heterocycles. The van der Waals surface area contributed by atoms with Crippen LogP contribution >= 0.6 is 0 Å². The zero-order chi connectivity index (χ0) is 17.8. The van der Waals surface area contributed by atoms with Crippen LogP contribution < -0.4 is 10.6 Å². The van der Waals surface area contributed by atoms with Gasteiger partial charge in [-0.3, -0.25) is 9.59 Å². The number of aryl methyl sites for hydroxylation is 2. The van der Waals surface area contributed by atoms with E-state index in [0.29, 0.717) is 23.0 Å². The van der Waals surface area contributed by atoms with Crippen LogP contribution in [0.25, 0.3) is 5.82 Å². The van der Waals surface area contributed by atoms with Gasteiger partial charge in [-0.1, -0.05) is 6.07 Å². The lowest BCUT2D eigenvalue weighted by atomic mass is 10.2. The van der Waals surface area contributed by atoms with Crippen LogP contribution in [0, 0.1) is 13.8 Å². The van der Waals surface area contributed by atoms with Gasteiger partial charge < -0.3 is 15.1 Å². The van der Waals surface area contributed by atoms with Gasteiger partial charge in [0.05, 0.1) is 24.1 Å². The summed E-state index contributed by atoms with van der Waals surface area (Å²) >= 11 is 0. The first-order valence-corrected chi connectivity index (χ1v) is 7.65. The average Bonchev–Trinajstić information content (AvgIpc) is 3.19. The number of amides is 2. The lowest BCUT2D eigenvalue weighted by Crippen LogP contribution is -2.33. The summed E-state index contributed by atoms with van der Waals surface area (Å²) in [5.74, 6) is 0.836. The Morgan fingerprint density at radius 2 is 2.08 bits per heavy atom. The molecule has 0 radical (unpaired) electrons. The van der Waals surface area contributed by atoms with Crippen LogP contribution in [-0.4, -0.2) is 33.1 Å². The molecule has 2 N–H and O–H groups in total. The maximum Gasteiger partial charge on any atom is 0.255 e. The number of aromatic nitrogens is 3. The van der Waals surface area contributed by atoms with Crippen molar-refractivity contribution < 1.29 is 14.0 Å². The number of carbonyl (C=O) groups is 2. The molecule has 0 unspecified atom stereocenters. The van der Waals surface area contributed by atoms with E-state index >= 15 is 0 Å². The number of anilines is 1. The standard InChI is InChI=1S/C17H17N5O3/c1-11-9-15(22(21-11)14-5-3-4-7-18-14)20-16(23)10-19-17(24)13-6-8-25-12(13)2/h3-9H,10H2,1-2H3,(H,19,24)(H,20,23). The number of furan rings is 1. The molecule has 3 rings (SSSR count). The van der Waals surface area contributed by atoms with Crippen molar-refractivity contribution in [3.05, 3.63) is 59.8 Å². The van der Waals surface area contributed by atoms with Gasteiger partial charge in [-0.25, -0.2) is 4.98 Å². The van der Waals surface area contributed by atoms with Crippen molar-refractivity contribution in [1.82, 2.24) is 20.1 Å². The van der Waals surface area contributed by atoms with Gasteiger partial charge in [-0.2, -0.15) is 9.78 Å². The SMILES string of the molecule is Cc1cc(NC(=O)CNC(=O)c2ccoc2C)n(-c2ccccn2)n1. The van der Waals surface area contributed by atoms with Gasteiger partial charge in [0.1, 0.15) is 11.6 Å². The quantitative estimate of drug-likeness (QED) is 0.738. The number of carbonyl (C=O) groups excluding carboxylic acids is 2. The number of rotatable bonds is 5. The molecule has 3 aromatic rings. The third-order valence-electron chi connectivity index (χ3n) is 3.48. The van der Waals surface area contributed by atoms with Crippen LogP contribution in [0.4, 0.5) is 5.82 Å². The Labute approximate surface area is 143 Å². The summed E-state index contributed by atoms with van der Waals surface area (Å²) in [6, 6.07) is 8.70. The third kappa shape index (κ3) is 3.74. The molecule has 8 nitrogen and oxygen atoms in total. The summed E-state index contributed by atoms with van der Waals surface area (Å²) in [5.41, 5.74) is 1.14. The molecule has 0 aliphatic carbocycles. The Balaban J connectivity index is 1.66. The zero-order valence-corrected chi connectivity index (χ0v) is 13.8. The highest BCUT2D eigenvalue weighted by molar-refractivity contribution is 5.99. The van der Waals surface area contributed by atoms with Crippen molar-refractivity contribution >= 4 is 17.6 Å². The number of nitrogens with one attached hydrogen (secondary N) is 2. The minimum absolute atomic E-state index is 0.171. The molecule has 0 aromatic carbocycles. The summed E-state index contributed by atoms with van der Waals surface area (Å²) < 4.78 is 6.61. The molecule has 0 saturated heterocycles. The second-order valence-corrected chi connectivity index (χ2v) is 5.39. The lowest BCUT2D eigenvalue weighted by Gasteiger charge is -2.08. The fraction of sp³-hybridized carbons (Fsp3) is 0.176. The smallest absolute Gasteiger partial charge is 0.255 e. The maximum atomic E-state index is 12.2. The molecule has 0 saturated carbocycles. The van der Waals surface area contributed by atoms with Gasteiger partial charge in [0.2, 0.25) is 5.91 Å². The number of nitrogens with zero attached hydrogens (tertiary/aromatic N) is 3. The Hall–Kier alpha value is -3.42. The molecule has 0 atom stereocenters. The van der Waals surface area contributed by atoms with Crippen molar-refractivity contribution in [3.63, 3.8) is 0 Å². The normalized spacial score (nSPS) is 10.5. The molecule has 128 valence electrons. The number of hydrogen-bond acceptors (Lipinski definition) is 5. The third-order valence-corrected chi connectivity index (χ3v) is 3.48. The van der Waals surface area contributed by atoms with Gasteiger partial charge in [0.15, 0.2) is 5.82 Å². The van der Waals surface area contributed by atoms with E-state index in [4.69, 9.17) is 4.42 Å². The van der Waals surface area contributed by atoms with Gasteiger partial charge in [-0.05, 0) is 32.0 Å². The zero-order valence-electron chi connectivity index (χ0n) is 13.8. The molecule has 0 bridgehead atoms. The van der Waals surface area contributed by atoms with Crippen molar-refractivity contribution in [2.45, 2.75) is 13.8 Å². The van der Waals surface area contributed by atoms with Gasteiger partial charge in [0.25, 0.3) is 5.91 Å². The summed E-state index contributed by atoms with van der Waals surface area (Å²) in [6.07, 6.45) is 3.07. The first-order chi connectivity index (χ1) is 12.0. The topological polar surface area (TPSA) is 102 Å². The minimum atomic E-state index is -0.369. The van der Waals surface area contributed by atoms with E-state index in [1.165, 1.54) is 10.9 Å². The minimum Gasteiger partial charge on any atom is -0.469 e. The van der Waals surface area contributed by atoms with Crippen molar-refractivity contribution in [1.29, 1.82) is 0 Å². The summed E-state index contributed by atoms with van der Waals surface area (Å²) in [7, 11) is 0. The molecule has 0 aliphatic rings. The van der Waals surface area contributed by atoms with Crippen LogP contribution in [0.1, 0.15) is 21.8 Å². The van der Waals surface area contributed by atoms with Crippen molar-refractivity contribution in [2.24, 2.45) is 0 Å². The average molecular weight is 339 g/mol. The summed E-state index contributed by atoms with van der Waals surface area (Å²) in [5, 5.41) is 9.61. The highest BCUT2D eigenvalue weighted by atomic mass is 16.3. The Bertz CT molecular complexity index is 898. The Morgan fingerprint density at radius 3 is 2.76 bits per heavy atom. The molecule has 2 amide bonds. The van der Waals surface area contributed by atoms with Crippen LogP contribution in [0.5, 0.6) is 0 Å². The second-order valence-electron chi connectivity index (χ2n) is 5.39. The van der Waals surface area contributed by atoms with E-state index in [2.05, 4.69) is 20.7 Å². The summed E-state index contributed by atoms with van der Waals surface area (Å²) in [4.78, 5) is 28.4. The summed E-state index contributed by atoms with van der Waals surface area (Å²) in [6.45, 7) is 3.33. The van der Waals surface area contributed by atoms with E-state index in [1.54, 1.807) is 37.4 Å². The molecular weight excluding hydrogens is 322 g/mol. The Morgan fingerprint density at radius 1 is 1.24 bits per heavy atom. The largest absolute Gasteiger partial charge is 0.469 e. The number of pyridine rings is 1. The van der Waals surface area contributed by atoms with Gasteiger partial charge in [0, 0.05) is 12.3 Å². The first kappa shape index (κ1) is 16.4. The van der Waals surface area contributed by atoms with E-state index < -0.39 is 0 Å². The number of hydrogen-bond donors (Lipinski definition) is 2. The lowest BCUT2D eigenvalue weighted by molar-refractivity contribution is -0.115. The molecule has 0 spiro atoms. The van der Waals surface area contributed by atoms with Crippen LogP contribution in [-0.2, 0) is 4.79 Å². The van der Waals surface area contributed by atoms with E-state index in [-0.39, 0.29) is 18.4 Å². The Kier molecular flexibility index (Phi) is 4.60. The highest BCUT2D eigenvalue weighted by Crippen LogP contribution is 2.15. The highest BCUT2D eigenvalue weighted by Gasteiger charge is 2.15. The molecule has 0 fully saturated rings. The van der Waals surface area contributed by atoms with Crippen LogP contribution in [0.15, 0.2) is 47.2 Å². The van der Waals surface area contributed by atoms with Crippen LogP contribution in [0.3, 0.4) is 0 Å². The fourth-order valence-corrected chi connectivity index (χ4v) is 2.31. The first-order valence-electron chi connectivity index (χ1n) is 7.65.